The van der Waals surface area contributed by atoms with Crippen LogP contribution in [0.5, 0.6) is 0 Å². The third kappa shape index (κ3) is 6.86. The smallest absolute Gasteiger partial charge is 0.255 e. The van der Waals surface area contributed by atoms with Crippen LogP contribution in [0.4, 0.5) is 17.2 Å². The third-order valence-corrected chi connectivity index (χ3v) is 7.02. The first-order chi connectivity index (χ1) is 17.9. The van der Waals surface area contributed by atoms with Crippen LogP contribution in [0.15, 0.2) is 47.1 Å². The number of nitrogens with two attached hydrogens (primary N) is 2. The summed E-state index contributed by atoms with van der Waals surface area (Å²) in [5, 5.41) is 2.90. The summed E-state index contributed by atoms with van der Waals surface area (Å²) in [6.45, 7) is 5.21. The molecule has 0 spiro atoms. The molecule has 2 aromatic rings. The highest BCUT2D eigenvalue weighted by molar-refractivity contribution is 14.1. The van der Waals surface area contributed by atoms with Gasteiger partial charge in [0.2, 0.25) is 5.91 Å². The van der Waals surface area contributed by atoms with E-state index in [1.54, 1.807) is 18.3 Å². The van der Waals surface area contributed by atoms with Gasteiger partial charge in [0.05, 0.1) is 17.6 Å². The number of piperidine rings is 1. The first kappa shape index (κ1) is 27.1. The summed E-state index contributed by atoms with van der Waals surface area (Å²) in [6, 6.07) is 9.27. The molecule has 2 aliphatic heterocycles. The van der Waals surface area contributed by atoms with E-state index in [4.69, 9.17) is 11.5 Å². The van der Waals surface area contributed by atoms with E-state index in [-0.39, 0.29) is 24.3 Å². The molecule has 4 rings (SSSR count). The molecule has 2 amide bonds. The van der Waals surface area contributed by atoms with E-state index in [2.05, 4.69) is 49.7 Å². The number of carbonyl (C=O) groups excluding carboxylic acids is 2. The SMILES string of the molecule is CCCN(CCI)C(=O)C1=Cc2ccc(C(=O)Nc3ccc(N4CCC(N)CC4)nc3)cc2N=C(N)C1. The molecule has 10 heteroatoms. The molecule has 1 fully saturated rings. The fourth-order valence-corrected chi connectivity index (χ4v) is 5.12. The van der Waals surface area contributed by atoms with Crippen molar-refractivity contribution in [3.63, 3.8) is 0 Å². The van der Waals surface area contributed by atoms with Crippen molar-refractivity contribution >= 4 is 63.5 Å². The van der Waals surface area contributed by atoms with Gasteiger partial charge in [0, 0.05) is 59.8 Å². The van der Waals surface area contributed by atoms with Crippen LogP contribution in [0, 0.1) is 0 Å². The van der Waals surface area contributed by atoms with Gasteiger partial charge in [0.1, 0.15) is 11.7 Å². The number of anilines is 2. The van der Waals surface area contributed by atoms with Crippen LogP contribution >= 0.6 is 22.6 Å². The molecule has 37 heavy (non-hydrogen) atoms. The zero-order valence-electron chi connectivity index (χ0n) is 21.1. The number of alkyl halides is 1. The molecule has 196 valence electrons. The monoisotopic (exact) mass is 615 g/mol. The average Bonchev–Trinajstić information content (AvgIpc) is 3.06. The standard InChI is InChI=1S/C27H34IN7O2/c1-2-10-35(13-9-28)27(37)20-14-18-3-4-19(15-23(18)33-24(30)16-20)26(36)32-22-5-6-25(31-17-22)34-11-7-21(29)8-12-34/h3-6,14-15,17,21H,2,7-13,16,29H2,1H3,(H2,30,33)(H,32,36). The molecule has 0 radical (unpaired) electrons. The van der Waals surface area contributed by atoms with Gasteiger partial charge >= 0.3 is 0 Å². The molecule has 2 aliphatic rings. The maximum atomic E-state index is 13.2. The lowest BCUT2D eigenvalue weighted by Crippen LogP contribution is -2.40. The number of rotatable bonds is 8. The van der Waals surface area contributed by atoms with E-state index >= 15 is 0 Å². The Kier molecular flexibility index (Phi) is 9.14. The molecule has 0 aliphatic carbocycles. The van der Waals surface area contributed by atoms with Crippen LogP contribution in [0.25, 0.3) is 6.08 Å². The number of nitrogens with one attached hydrogen (secondary N) is 1. The Morgan fingerprint density at radius 2 is 1.97 bits per heavy atom. The zero-order valence-corrected chi connectivity index (χ0v) is 23.3. The second kappa shape index (κ2) is 12.5. The van der Waals surface area contributed by atoms with Crippen molar-refractivity contribution in [3.8, 4) is 0 Å². The summed E-state index contributed by atoms with van der Waals surface area (Å²) in [7, 11) is 0. The molecule has 0 unspecified atom stereocenters. The van der Waals surface area contributed by atoms with Crippen molar-refractivity contribution in [2.24, 2.45) is 16.5 Å². The molecule has 0 bridgehead atoms. The van der Waals surface area contributed by atoms with Gasteiger partial charge in [-0.25, -0.2) is 9.98 Å². The van der Waals surface area contributed by atoms with Crippen LogP contribution < -0.4 is 21.7 Å². The van der Waals surface area contributed by atoms with Crippen LogP contribution in [0.1, 0.15) is 48.5 Å². The molecule has 1 aromatic heterocycles. The highest BCUT2D eigenvalue weighted by Crippen LogP contribution is 2.29. The second-order valence-corrected chi connectivity index (χ2v) is 10.5. The maximum absolute atomic E-state index is 13.2. The van der Waals surface area contributed by atoms with Gasteiger partial charge in [-0.15, -0.1) is 0 Å². The summed E-state index contributed by atoms with van der Waals surface area (Å²) in [6.07, 6.45) is 6.57. The quantitative estimate of drug-likeness (QED) is 0.307. The Bertz CT molecular complexity index is 1180. The topological polar surface area (TPSA) is 130 Å². The van der Waals surface area contributed by atoms with Gasteiger partial charge in [-0.2, -0.15) is 0 Å². The number of halogens is 1. The van der Waals surface area contributed by atoms with Crippen molar-refractivity contribution in [3.05, 3.63) is 53.2 Å². The highest BCUT2D eigenvalue weighted by Gasteiger charge is 2.22. The van der Waals surface area contributed by atoms with Gasteiger partial charge < -0.3 is 26.6 Å². The molecule has 0 atom stereocenters. The van der Waals surface area contributed by atoms with E-state index in [1.807, 2.05) is 29.2 Å². The molecular formula is C27H34IN7O2. The number of aromatic nitrogens is 1. The van der Waals surface area contributed by atoms with Gasteiger partial charge in [0.15, 0.2) is 0 Å². The number of nitrogens with zero attached hydrogens (tertiary/aromatic N) is 4. The van der Waals surface area contributed by atoms with Crippen molar-refractivity contribution in [2.45, 2.75) is 38.6 Å². The fraction of sp³-hybridized carbons (Fsp3) is 0.407. The van der Waals surface area contributed by atoms with Gasteiger partial charge in [-0.3, -0.25) is 9.59 Å². The summed E-state index contributed by atoms with van der Waals surface area (Å²) >= 11 is 2.28. The molecule has 9 nitrogen and oxygen atoms in total. The molecule has 5 N–H and O–H groups in total. The third-order valence-electron chi connectivity index (χ3n) is 6.54. The Balaban J connectivity index is 1.48. The van der Waals surface area contributed by atoms with E-state index in [0.29, 0.717) is 41.4 Å². The average molecular weight is 616 g/mol. The predicted octanol–water partition coefficient (Wildman–Crippen LogP) is 3.71. The lowest BCUT2D eigenvalue weighted by Gasteiger charge is -2.31. The summed E-state index contributed by atoms with van der Waals surface area (Å²) in [5.74, 6) is 0.943. The number of hydrogen-bond donors (Lipinski definition) is 3. The van der Waals surface area contributed by atoms with Crippen LogP contribution in [0.3, 0.4) is 0 Å². The van der Waals surface area contributed by atoms with Gasteiger partial charge in [-0.05, 0) is 49.6 Å². The molecule has 1 saturated heterocycles. The maximum Gasteiger partial charge on any atom is 0.255 e. The number of pyridine rings is 1. The van der Waals surface area contributed by atoms with Crippen LogP contribution in [-0.4, -0.2) is 64.2 Å². The lowest BCUT2D eigenvalue weighted by molar-refractivity contribution is -0.126. The van der Waals surface area contributed by atoms with Crippen molar-refractivity contribution in [1.29, 1.82) is 0 Å². The fourth-order valence-electron chi connectivity index (χ4n) is 4.54. The normalized spacial score (nSPS) is 15.8. The molecule has 3 heterocycles. The van der Waals surface area contributed by atoms with E-state index in [0.717, 1.165) is 48.2 Å². The van der Waals surface area contributed by atoms with E-state index in [1.165, 1.54) is 0 Å². The Morgan fingerprint density at radius 3 is 2.65 bits per heavy atom. The number of benzene rings is 1. The number of aliphatic imine (C=N–C) groups is 1. The minimum absolute atomic E-state index is 0.0188. The first-order valence-corrected chi connectivity index (χ1v) is 14.2. The van der Waals surface area contributed by atoms with Crippen molar-refractivity contribution in [2.75, 3.05) is 40.8 Å². The second-order valence-electron chi connectivity index (χ2n) is 9.39. The van der Waals surface area contributed by atoms with Gasteiger partial charge in [0.25, 0.3) is 5.91 Å². The number of hydrogen-bond acceptors (Lipinski definition) is 7. The lowest BCUT2D eigenvalue weighted by atomic mass is 10.0. The summed E-state index contributed by atoms with van der Waals surface area (Å²) in [5.41, 5.74) is 15.2. The number of amidine groups is 1. The molecule has 0 saturated carbocycles. The summed E-state index contributed by atoms with van der Waals surface area (Å²) in [4.78, 5) is 39.2. The highest BCUT2D eigenvalue weighted by atomic mass is 127. The number of amides is 2. The zero-order chi connectivity index (χ0) is 26.4. The van der Waals surface area contributed by atoms with Gasteiger partial charge in [-0.1, -0.05) is 35.6 Å². The Morgan fingerprint density at radius 1 is 1.19 bits per heavy atom. The van der Waals surface area contributed by atoms with E-state index < -0.39 is 0 Å². The van der Waals surface area contributed by atoms with Crippen LogP contribution in [0.2, 0.25) is 0 Å². The summed E-state index contributed by atoms with van der Waals surface area (Å²) < 4.78 is 0.862. The van der Waals surface area contributed by atoms with Crippen molar-refractivity contribution < 1.29 is 9.59 Å². The van der Waals surface area contributed by atoms with E-state index in [9.17, 15) is 9.59 Å². The minimum atomic E-state index is -0.268. The largest absolute Gasteiger partial charge is 0.387 e. The molecule has 1 aromatic carbocycles. The van der Waals surface area contributed by atoms with Crippen LogP contribution in [-0.2, 0) is 4.79 Å². The Hall–Kier alpha value is -2.99. The Labute approximate surface area is 231 Å². The minimum Gasteiger partial charge on any atom is -0.387 e. The first-order valence-electron chi connectivity index (χ1n) is 12.7. The van der Waals surface area contributed by atoms with Crippen molar-refractivity contribution in [1.82, 2.24) is 9.88 Å². The number of carbonyl (C=O) groups is 2. The molecular weight excluding hydrogens is 581 g/mol. The predicted molar refractivity (Wildman–Crippen MR) is 158 cm³/mol. The number of fused-ring (bicyclic) bond motifs is 1.